The highest BCUT2D eigenvalue weighted by atomic mass is 16.7. The SMILES string of the molecule is COC(=O)c1ccccc1O[C@@H]1O[C@H](CO[C@@H]2O[C@H](CO)[C@H](O)[C@H]2O)[C@@H](O)[C@H](O)[C@H]1O. The molecule has 2 fully saturated rings. The van der Waals surface area contributed by atoms with Crippen molar-refractivity contribution >= 4 is 5.97 Å². The van der Waals surface area contributed by atoms with Crippen LogP contribution < -0.4 is 4.74 Å². The van der Waals surface area contributed by atoms with Crippen molar-refractivity contribution in [2.45, 2.75) is 55.3 Å². The minimum atomic E-state index is -1.68. The van der Waals surface area contributed by atoms with Crippen molar-refractivity contribution in [2.75, 3.05) is 20.3 Å². The van der Waals surface area contributed by atoms with Crippen LogP contribution in [0.4, 0.5) is 0 Å². The van der Waals surface area contributed by atoms with E-state index in [9.17, 15) is 30.3 Å². The van der Waals surface area contributed by atoms with Crippen LogP contribution in [0.1, 0.15) is 10.4 Å². The highest BCUT2D eigenvalue weighted by molar-refractivity contribution is 5.92. The molecule has 0 amide bonds. The number of hydrogen-bond donors (Lipinski definition) is 6. The molecule has 0 spiro atoms. The Bertz CT molecular complexity index is 744. The molecule has 2 heterocycles. The van der Waals surface area contributed by atoms with Crippen LogP contribution in [0.15, 0.2) is 24.3 Å². The number of carbonyl (C=O) groups is 1. The number of carbonyl (C=O) groups excluding carboxylic acids is 1. The smallest absolute Gasteiger partial charge is 0.341 e. The molecule has 1 aromatic carbocycles. The molecule has 0 aromatic heterocycles. The van der Waals surface area contributed by atoms with Gasteiger partial charge in [0.2, 0.25) is 6.29 Å². The van der Waals surface area contributed by atoms with Gasteiger partial charge in [-0.15, -0.1) is 0 Å². The summed E-state index contributed by atoms with van der Waals surface area (Å²) in [5.74, 6) is -0.671. The lowest BCUT2D eigenvalue weighted by Crippen LogP contribution is -2.60. The third kappa shape index (κ3) is 4.98. The van der Waals surface area contributed by atoms with E-state index in [1.54, 1.807) is 12.1 Å². The molecule has 2 aliphatic heterocycles. The predicted octanol–water partition coefficient (Wildman–Crippen LogP) is -2.88. The number of rotatable bonds is 7. The van der Waals surface area contributed by atoms with Crippen molar-refractivity contribution in [1.29, 1.82) is 0 Å². The molecule has 3 rings (SSSR count). The van der Waals surface area contributed by atoms with Crippen LogP contribution in [0, 0.1) is 0 Å². The number of para-hydroxylation sites is 1. The van der Waals surface area contributed by atoms with Crippen molar-refractivity contribution in [3.63, 3.8) is 0 Å². The first-order chi connectivity index (χ1) is 14.8. The number of benzene rings is 1. The van der Waals surface area contributed by atoms with Crippen LogP contribution in [-0.2, 0) is 18.9 Å². The van der Waals surface area contributed by atoms with Crippen LogP contribution >= 0.6 is 0 Å². The van der Waals surface area contributed by atoms with Crippen molar-refractivity contribution in [3.8, 4) is 5.75 Å². The second kappa shape index (κ2) is 10.2. The Kier molecular flexibility index (Phi) is 7.80. The first-order valence-corrected chi connectivity index (χ1v) is 9.56. The Morgan fingerprint density at radius 2 is 1.52 bits per heavy atom. The molecule has 12 nitrogen and oxygen atoms in total. The summed E-state index contributed by atoms with van der Waals surface area (Å²) in [6.07, 6.45) is -12.8. The van der Waals surface area contributed by atoms with E-state index in [1.165, 1.54) is 19.2 Å². The lowest BCUT2D eigenvalue weighted by atomic mass is 9.99. The average Bonchev–Trinajstić information content (AvgIpc) is 3.06. The molecule has 31 heavy (non-hydrogen) atoms. The summed E-state index contributed by atoms with van der Waals surface area (Å²) in [4.78, 5) is 11.9. The Morgan fingerprint density at radius 1 is 0.903 bits per heavy atom. The van der Waals surface area contributed by atoms with E-state index in [0.717, 1.165) is 0 Å². The number of hydrogen-bond acceptors (Lipinski definition) is 12. The monoisotopic (exact) mass is 446 g/mol. The maximum absolute atomic E-state index is 11.9. The van der Waals surface area contributed by atoms with Crippen LogP contribution in [0.2, 0.25) is 0 Å². The summed E-state index contributed by atoms with van der Waals surface area (Å²) in [6, 6.07) is 6.02. The summed E-state index contributed by atoms with van der Waals surface area (Å²) >= 11 is 0. The zero-order valence-corrected chi connectivity index (χ0v) is 16.6. The molecule has 174 valence electrons. The minimum Gasteiger partial charge on any atom is -0.465 e. The lowest BCUT2D eigenvalue weighted by molar-refractivity contribution is -0.290. The minimum absolute atomic E-state index is 0.0186. The first kappa shape index (κ1) is 23.8. The van der Waals surface area contributed by atoms with Gasteiger partial charge in [0.15, 0.2) is 6.29 Å². The fourth-order valence-corrected chi connectivity index (χ4v) is 3.32. The largest absolute Gasteiger partial charge is 0.465 e. The summed E-state index contributed by atoms with van der Waals surface area (Å²) in [6.45, 7) is -0.961. The summed E-state index contributed by atoms with van der Waals surface area (Å²) < 4.78 is 26.3. The fraction of sp³-hybridized carbons (Fsp3) is 0.632. The Hall–Kier alpha value is -1.87. The van der Waals surface area contributed by atoms with Crippen molar-refractivity contribution in [2.24, 2.45) is 0 Å². The molecule has 9 atom stereocenters. The number of aliphatic hydroxyl groups excluding tert-OH is 6. The van der Waals surface area contributed by atoms with Crippen molar-refractivity contribution < 1.29 is 59.1 Å². The maximum atomic E-state index is 11.9. The van der Waals surface area contributed by atoms with E-state index < -0.39 is 74.5 Å². The van der Waals surface area contributed by atoms with Gasteiger partial charge < -0.3 is 54.3 Å². The normalized spacial score (nSPS) is 38.1. The molecule has 6 N–H and O–H groups in total. The number of ether oxygens (including phenoxy) is 5. The first-order valence-electron chi connectivity index (χ1n) is 9.56. The molecule has 0 bridgehead atoms. The van der Waals surface area contributed by atoms with Gasteiger partial charge in [-0.1, -0.05) is 12.1 Å². The number of aliphatic hydroxyl groups is 6. The van der Waals surface area contributed by atoms with Crippen molar-refractivity contribution in [3.05, 3.63) is 29.8 Å². The van der Waals surface area contributed by atoms with Gasteiger partial charge in [0.05, 0.1) is 20.3 Å². The molecule has 1 aromatic rings. The average molecular weight is 446 g/mol. The van der Waals surface area contributed by atoms with Crippen LogP contribution in [-0.4, -0.2) is 112 Å². The van der Waals surface area contributed by atoms with Crippen LogP contribution in [0.3, 0.4) is 0 Å². The molecule has 12 heteroatoms. The van der Waals surface area contributed by atoms with E-state index in [4.69, 9.17) is 24.1 Å². The van der Waals surface area contributed by atoms with Gasteiger partial charge >= 0.3 is 5.97 Å². The Labute approximate surface area is 177 Å². The summed E-state index contributed by atoms with van der Waals surface area (Å²) in [5.41, 5.74) is 0.0562. The quantitative estimate of drug-likeness (QED) is 0.235. The van der Waals surface area contributed by atoms with Gasteiger partial charge in [-0.3, -0.25) is 0 Å². The van der Waals surface area contributed by atoms with Gasteiger partial charge in [0.1, 0.15) is 54.0 Å². The van der Waals surface area contributed by atoms with E-state index in [-0.39, 0.29) is 11.3 Å². The molecule has 0 unspecified atom stereocenters. The third-order valence-electron chi connectivity index (χ3n) is 5.13. The third-order valence-corrected chi connectivity index (χ3v) is 5.13. The lowest BCUT2D eigenvalue weighted by Gasteiger charge is -2.40. The molecule has 0 aliphatic carbocycles. The second-order valence-electron chi connectivity index (χ2n) is 7.16. The topological polar surface area (TPSA) is 185 Å². The standard InChI is InChI=1S/C19H26O12/c1-27-17(26)8-4-2-3-5-9(8)29-19-16(25)14(23)13(22)11(31-19)7-28-18-15(24)12(21)10(6-20)30-18/h2-5,10-16,18-25H,6-7H2,1H3/t10-,11-,12+,13-,14+,15-,16-,18-,19-/m1/s1. The van der Waals surface area contributed by atoms with Crippen LogP contribution in [0.5, 0.6) is 5.75 Å². The van der Waals surface area contributed by atoms with Gasteiger partial charge in [-0.2, -0.15) is 0 Å². The zero-order valence-electron chi connectivity index (χ0n) is 16.6. The van der Waals surface area contributed by atoms with Gasteiger partial charge in [-0.25, -0.2) is 4.79 Å². The van der Waals surface area contributed by atoms with Gasteiger partial charge in [-0.05, 0) is 12.1 Å². The second-order valence-corrected chi connectivity index (χ2v) is 7.16. The Morgan fingerprint density at radius 3 is 2.16 bits per heavy atom. The van der Waals surface area contributed by atoms with Gasteiger partial charge in [0, 0.05) is 0 Å². The zero-order chi connectivity index (χ0) is 22.7. The molecule has 0 radical (unpaired) electrons. The van der Waals surface area contributed by atoms with E-state index in [1.807, 2.05) is 0 Å². The summed E-state index contributed by atoms with van der Waals surface area (Å²) in [7, 11) is 1.19. The van der Waals surface area contributed by atoms with E-state index in [0.29, 0.717) is 0 Å². The van der Waals surface area contributed by atoms with Gasteiger partial charge in [0.25, 0.3) is 0 Å². The Balaban J connectivity index is 1.68. The number of esters is 1. The molecular formula is C19H26O12. The highest BCUT2D eigenvalue weighted by Crippen LogP contribution is 2.28. The van der Waals surface area contributed by atoms with Crippen LogP contribution in [0.25, 0.3) is 0 Å². The fourth-order valence-electron chi connectivity index (χ4n) is 3.32. The van der Waals surface area contributed by atoms with Crippen molar-refractivity contribution in [1.82, 2.24) is 0 Å². The molecule has 2 saturated heterocycles. The highest BCUT2D eigenvalue weighted by Gasteiger charge is 2.47. The summed E-state index contributed by atoms with van der Waals surface area (Å²) in [5, 5.41) is 59.5. The molecule has 2 aliphatic rings. The maximum Gasteiger partial charge on any atom is 0.341 e. The predicted molar refractivity (Wildman–Crippen MR) is 98.8 cm³/mol. The molecular weight excluding hydrogens is 420 g/mol. The molecule has 0 saturated carbocycles. The van der Waals surface area contributed by atoms with E-state index >= 15 is 0 Å². The van der Waals surface area contributed by atoms with E-state index in [2.05, 4.69) is 4.74 Å². The number of methoxy groups -OCH3 is 1.